The third-order valence-electron chi connectivity index (χ3n) is 1.41. The van der Waals surface area contributed by atoms with E-state index in [1.165, 1.54) is 7.05 Å². The average Bonchev–Trinajstić information content (AvgIpc) is 2.36. The number of rotatable bonds is 6. The first-order chi connectivity index (χ1) is 8.10. The van der Waals surface area contributed by atoms with Gasteiger partial charge < -0.3 is 21.2 Å². The van der Waals surface area contributed by atoms with Crippen LogP contribution in [0.15, 0.2) is 0 Å². The molecule has 0 heterocycles. The Labute approximate surface area is 106 Å². The van der Waals surface area contributed by atoms with Crippen molar-refractivity contribution in [1.82, 2.24) is 21.4 Å². The van der Waals surface area contributed by atoms with Gasteiger partial charge in [-0.25, -0.2) is 0 Å². The van der Waals surface area contributed by atoms with Crippen molar-refractivity contribution in [3.63, 3.8) is 0 Å². The summed E-state index contributed by atoms with van der Waals surface area (Å²) < 4.78 is 0. The van der Waals surface area contributed by atoms with Gasteiger partial charge in [0.1, 0.15) is 0 Å². The molecule has 0 aliphatic rings. The highest BCUT2D eigenvalue weighted by atomic mass is 16.5. The van der Waals surface area contributed by atoms with E-state index in [0.29, 0.717) is 0 Å². The Bertz CT molecular complexity index is 260. The van der Waals surface area contributed by atoms with Crippen molar-refractivity contribution < 1.29 is 25.3 Å². The number of amides is 3. The van der Waals surface area contributed by atoms with E-state index in [1.807, 2.05) is 13.8 Å². The summed E-state index contributed by atoms with van der Waals surface area (Å²) >= 11 is 0. The van der Waals surface area contributed by atoms with Crippen molar-refractivity contribution in [2.24, 2.45) is 0 Å². The first-order valence-electron chi connectivity index (χ1n) is 5.21. The molecule has 0 aromatic heterocycles. The zero-order valence-corrected chi connectivity index (χ0v) is 10.3. The quantitative estimate of drug-likeness (QED) is 0.389. The first kappa shape index (κ1) is 17.7. The molecule has 0 unspecified atom stereocenters. The summed E-state index contributed by atoms with van der Waals surface area (Å²) in [7, 11) is 1.45. The number of nitrogens with one attached hydrogen (secondary N) is 4. The molecule has 108 valence electrons. The van der Waals surface area contributed by atoms with E-state index in [2.05, 4.69) is 16.0 Å². The van der Waals surface area contributed by atoms with Gasteiger partial charge in [0, 0.05) is 12.8 Å². The Hall–Kier alpha value is -1.67. The van der Waals surface area contributed by atoms with Gasteiger partial charge in [-0.1, -0.05) is 13.8 Å². The van der Waals surface area contributed by atoms with Crippen LogP contribution in [-0.4, -0.2) is 49.6 Å². The molecule has 3 amide bonds. The summed E-state index contributed by atoms with van der Waals surface area (Å²) in [5, 5.41) is 15.0. The van der Waals surface area contributed by atoms with Crippen LogP contribution in [0.1, 0.15) is 19.6 Å². The monoisotopic (exact) mass is 256 g/mol. The zero-order valence-electron chi connectivity index (χ0n) is 10.3. The highest BCUT2D eigenvalue weighted by Gasteiger charge is 2.05. The maximum Gasteiger partial charge on any atom is 0.239 e. The SMILES string of the molecule is CC.CNC(=O)CNC(=O)CNC(=O)CNO.[HH].[HH].[HH].[HH]. The molecule has 0 aromatic carbocycles. The number of carbonyl (C=O) groups is 3. The van der Waals surface area contributed by atoms with Crippen LogP contribution >= 0.6 is 0 Å². The fraction of sp³-hybridized carbons (Fsp3) is 0.667. The van der Waals surface area contributed by atoms with E-state index in [9.17, 15) is 14.4 Å². The number of hydrogen-bond donors (Lipinski definition) is 5. The highest BCUT2D eigenvalue weighted by molar-refractivity contribution is 5.88. The minimum atomic E-state index is -0.521. The van der Waals surface area contributed by atoms with Crippen LogP contribution in [0.25, 0.3) is 0 Å². The van der Waals surface area contributed by atoms with Crippen LogP contribution in [-0.2, 0) is 14.4 Å². The lowest BCUT2D eigenvalue weighted by atomic mass is 10.5. The molecule has 17 heavy (non-hydrogen) atoms. The molecular weight excluding hydrogens is 228 g/mol. The summed E-state index contributed by atoms with van der Waals surface area (Å²) in [6.07, 6.45) is 0. The van der Waals surface area contributed by atoms with Gasteiger partial charge in [0.05, 0.1) is 19.6 Å². The molecule has 0 saturated heterocycles. The zero-order chi connectivity index (χ0) is 13.7. The van der Waals surface area contributed by atoms with Gasteiger partial charge in [-0.3, -0.25) is 14.4 Å². The van der Waals surface area contributed by atoms with Crippen LogP contribution in [0.2, 0.25) is 0 Å². The van der Waals surface area contributed by atoms with Gasteiger partial charge in [0.2, 0.25) is 17.7 Å². The average molecular weight is 256 g/mol. The van der Waals surface area contributed by atoms with E-state index < -0.39 is 11.8 Å². The van der Waals surface area contributed by atoms with Crippen LogP contribution in [0, 0.1) is 0 Å². The molecule has 8 heteroatoms. The van der Waals surface area contributed by atoms with Crippen molar-refractivity contribution in [3.05, 3.63) is 0 Å². The van der Waals surface area contributed by atoms with Gasteiger partial charge >= 0.3 is 0 Å². The van der Waals surface area contributed by atoms with Gasteiger partial charge in [-0.2, -0.15) is 5.48 Å². The van der Waals surface area contributed by atoms with Crippen molar-refractivity contribution in [2.45, 2.75) is 13.8 Å². The molecule has 0 aromatic rings. The number of likely N-dealkylation sites (N-methyl/N-ethyl adjacent to an activating group) is 1. The molecule has 0 atom stereocenters. The van der Waals surface area contributed by atoms with Gasteiger partial charge in [0.15, 0.2) is 0 Å². The number of carbonyl (C=O) groups excluding carboxylic acids is 3. The molecule has 0 radical (unpaired) electrons. The molecule has 0 rings (SSSR count). The van der Waals surface area contributed by atoms with Gasteiger partial charge in [0.25, 0.3) is 0 Å². The molecular formula is C9H28N4O4. The molecule has 8 nitrogen and oxygen atoms in total. The third kappa shape index (κ3) is 12.3. The van der Waals surface area contributed by atoms with Crippen LogP contribution in [0.3, 0.4) is 0 Å². The maximum atomic E-state index is 11.0. The molecule has 0 fully saturated rings. The van der Waals surface area contributed by atoms with E-state index in [-0.39, 0.29) is 31.2 Å². The minimum absolute atomic E-state index is 0. The Kier molecular flexibility index (Phi) is 12.9. The summed E-state index contributed by atoms with van der Waals surface area (Å²) in [5.41, 5.74) is 1.64. The van der Waals surface area contributed by atoms with E-state index in [1.54, 1.807) is 5.48 Å². The minimum Gasteiger partial charge on any atom is -0.358 e. The number of hydrogen-bond acceptors (Lipinski definition) is 5. The maximum absolute atomic E-state index is 11.0. The van der Waals surface area contributed by atoms with E-state index >= 15 is 0 Å². The van der Waals surface area contributed by atoms with Crippen molar-refractivity contribution in [1.29, 1.82) is 0 Å². The standard InChI is InChI=1S/C7H14N4O4.C2H6.4H2/c1-8-5(12)2-9-6(13)3-10-7(14)4-11-15;1-2;;;;/h11,15H,2-4H2,1H3,(H,8,12)(H,9,13)(H,10,14);1-2H3;4*1H. The van der Waals surface area contributed by atoms with Crippen molar-refractivity contribution in [3.8, 4) is 0 Å². The molecule has 0 bridgehead atoms. The molecule has 0 saturated carbocycles. The van der Waals surface area contributed by atoms with Gasteiger partial charge in [-0.05, 0) is 0 Å². The second kappa shape index (κ2) is 12.4. The Morgan fingerprint density at radius 2 is 1.35 bits per heavy atom. The Morgan fingerprint density at radius 3 is 1.76 bits per heavy atom. The molecule has 0 aliphatic heterocycles. The predicted octanol–water partition coefficient (Wildman–Crippen LogP) is -1.05. The second-order valence-electron chi connectivity index (χ2n) is 2.56. The third-order valence-corrected chi connectivity index (χ3v) is 1.41. The lowest BCUT2D eigenvalue weighted by molar-refractivity contribution is -0.127. The smallest absolute Gasteiger partial charge is 0.239 e. The lowest BCUT2D eigenvalue weighted by Gasteiger charge is -2.05. The number of hydroxylamine groups is 1. The topological polar surface area (TPSA) is 120 Å². The highest BCUT2D eigenvalue weighted by Crippen LogP contribution is 1.67. The van der Waals surface area contributed by atoms with E-state index in [0.717, 1.165) is 0 Å². The summed E-state index contributed by atoms with van der Waals surface area (Å²) in [6.45, 7) is 3.34. The van der Waals surface area contributed by atoms with Crippen LogP contribution < -0.4 is 21.4 Å². The fourth-order valence-electron chi connectivity index (χ4n) is 0.643. The van der Waals surface area contributed by atoms with E-state index in [4.69, 9.17) is 5.21 Å². The van der Waals surface area contributed by atoms with Gasteiger partial charge in [-0.15, -0.1) is 0 Å². The Balaban J connectivity index is -0.0000000895. The Morgan fingerprint density at radius 1 is 0.941 bits per heavy atom. The largest absolute Gasteiger partial charge is 0.358 e. The van der Waals surface area contributed by atoms with Crippen molar-refractivity contribution >= 4 is 17.7 Å². The fourth-order valence-corrected chi connectivity index (χ4v) is 0.643. The second-order valence-corrected chi connectivity index (χ2v) is 2.56. The molecule has 0 aliphatic carbocycles. The summed E-state index contributed by atoms with van der Waals surface area (Å²) in [6, 6.07) is 0. The van der Waals surface area contributed by atoms with Crippen LogP contribution in [0.4, 0.5) is 0 Å². The van der Waals surface area contributed by atoms with Crippen LogP contribution in [0.5, 0.6) is 0 Å². The van der Waals surface area contributed by atoms with Crippen molar-refractivity contribution in [2.75, 3.05) is 26.7 Å². The summed E-state index contributed by atoms with van der Waals surface area (Å²) in [5.74, 6) is -1.33. The first-order valence-corrected chi connectivity index (χ1v) is 5.21. The summed E-state index contributed by atoms with van der Waals surface area (Å²) in [4.78, 5) is 32.4. The molecule has 0 spiro atoms. The predicted molar refractivity (Wildman–Crippen MR) is 69.7 cm³/mol. The lowest BCUT2D eigenvalue weighted by Crippen LogP contribution is -2.43. The molecule has 5 N–H and O–H groups in total. The normalized spacial score (nSPS) is 8.47.